The number of alkyl halides is 1. The van der Waals surface area contributed by atoms with Gasteiger partial charge in [-0.1, -0.05) is 48.0 Å². The average molecular weight is 442 g/mol. The van der Waals surface area contributed by atoms with Crippen LogP contribution in [-0.2, 0) is 4.79 Å². The van der Waals surface area contributed by atoms with Gasteiger partial charge in [-0.05, 0) is 41.0 Å². The van der Waals surface area contributed by atoms with Gasteiger partial charge in [0.05, 0.1) is 25.9 Å². The van der Waals surface area contributed by atoms with Crippen molar-refractivity contribution in [1.29, 1.82) is 0 Å². The quantitative estimate of drug-likeness (QED) is 0.418. The van der Waals surface area contributed by atoms with Crippen molar-refractivity contribution in [2.45, 2.75) is 17.5 Å². The summed E-state index contributed by atoms with van der Waals surface area (Å²) in [5, 5.41) is 10.2. The molecule has 0 fully saturated rings. The van der Waals surface area contributed by atoms with Crippen LogP contribution in [0.25, 0.3) is 0 Å². The summed E-state index contributed by atoms with van der Waals surface area (Å²) in [7, 11) is 3.08. The molecule has 0 saturated carbocycles. The molecule has 1 aliphatic heterocycles. The van der Waals surface area contributed by atoms with E-state index in [9.17, 15) is 14.3 Å². The summed E-state index contributed by atoms with van der Waals surface area (Å²) in [4.78, 5) is 14.3. The van der Waals surface area contributed by atoms with E-state index in [0.717, 1.165) is 0 Å². The molecule has 0 aliphatic carbocycles. The number of rotatable bonds is 5. The molecule has 0 bridgehead atoms. The minimum atomic E-state index is -0.997. The monoisotopic (exact) mass is 441 g/mol. The molecule has 4 rings (SSSR count). The number of hydrogen-bond donors (Lipinski definition) is 1. The third kappa shape index (κ3) is 3.68. The molecule has 3 aromatic carbocycles. The highest BCUT2D eigenvalue weighted by atomic mass is 35.5. The highest BCUT2D eigenvalue weighted by Crippen LogP contribution is 2.53. The molecule has 0 saturated heterocycles. The standard InChI is InChI=1S/C24H21ClFNO4/c1-30-16-11-12-19(20(13-16)31-2)27-22(14-7-9-15(26)10-8-14)21(24(28)29)17-5-3-4-6-18(17)23(27)25/h3-13,21-23H,1-2H3,(H,28,29)/t21-,22+,23-/m0/s1. The third-order valence-corrected chi connectivity index (χ3v) is 6.04. The second kappa shape index (κ2) is 8.47. The summed E-state index contributed by atoms with van der Waals surface area (Å²) >= 11 is 6.97. The van der Waals surface area contributed by atoms with Crippen LogP contribution in [0.2, 0.25) is 0 Å². The van der Waals surface area contributed by atoms with Crippen LogP contribution >= 0.6 is 11.6 Å². The first-order valence-corrected chi connectivity index (χ1v) is 10.1. The molecule has 5 nitrogen and oxygen atoms in total. The lowest BCUT2D eigenvalue weighted by molar-refractivity contribution is -0.139. The first-order valence-electron chi connectivity index (χ1n) is 9.67. The van der Waals surface area contributed by atoms with Crippen LogP contribution in [0.1, 0.15) is 34.2 Å². The predicted octanol–water partition coefficient (Wildman–Crippen LogP) is 5.51. The van der Waals surface area contributed by atoms with E-state index in [-0.39, 0.29) is 0 Å². The number of methoxy groups -OCH3 is 2. The molecular formula is C24H21ClFNO4. The van der Waals surface area contributed by atoms with Gasteiger partial charge >= 0.3 is 5.97 Å². The Morgan fingerprint density at radius 3 is 2.29 bits per heavy atom. The highest BCUT2D eigenvalue weighted by molar-refractivity contribution is 6.22. The van der Waals surface area contributed by atoms with Gasteiger partial charge in [0.15, 0.2) is 0 Å². The molecule has 0 radical (unpaired) electrons. The molecule has 160 valence electrons. The molecule has 1 N–H and O–H groups in total. The van der Waals surface area contributed by atoms with Crippen LogP contribution in [0, 0.1) is 5.82 Å². The lowest BCUT2D eigenvalue weighted by Crippen LogP contribution is -2.42. The summed E-state index contributed by atoms with van der Waals surface area (Å²) in [6.45, 7) is 0. The van der Waals surface area contributed by atoms with Crippen molar-refractivity contribution in [3.05, 3.63) is 89.2 Å². The molecule has 31 heavy (non-hydrogen) atoms. The molecule has 1 heterocycles. The van der Waals surface area contributed by atoms with E-state index >= 15 is 0 Å². The second-order valence-electron chi connectivity index (χ2n) is 7.22. The maximum absolute atomic E-state index is 13.7. The maximum Gasteiger partial charge on any atom is 0.313 e. The molecule has 1 aliphatic rings. The van der Waals surface area contributed by atoms with E-state index in [1.807, 2.05) is 17.0 Å². The van der Waals surface area contributed by atoms with Gasteiger partial charge < -0.3 is 19.5 Å². The summed E-state index contributed by atoms with van der Waals surface area (Å²) < 4.78 is 24.5. The van der Waals surface area contributed by atoms with E-state index in [0.29, 0.717) is 33.9 Å². The number of fused-ring (bicyclic) bond motifs is 1. The minimum Gasteiger partial charge on any atom is -0.497 e. The van der Waals surface area contributed by atoms with Crippen LogP contribution in [-0.4, -0.2) is 25.3 Å². The summed E-state index contributed by atoms with van der Waals surface area (Å²) in [6.07, 6.45) is 0. The first-order chi connectivity index (χ1) is 15.0. The normalized spacial score (nSPS) is 20.1. The Morgan fingerprint density at radius 1 is 1.00 bits per heavy atom. The van der Waals surface area contributed by atoms with Gasteiger partial charge in [-0.15, -0.1) is 0 Å². The van der Waals surface area contributed by atoms with Gasteiger partial charge in [0, 0.05) is 6.07 Å². The van der Waals surface area contributed by atoms with Gasteiger partial charge in [-0.25, -0.2) is 4.39 Å². The maximum atomic E-state index is 13.7. The van der Waals surface area contributed by atoms with Crippen molar-refractivity contribution in [3.8, 4) is 11.5 Å². The third-order valence-electron chi connectivity index (χ3n) is 5.59. The zero-order valence-corrected chi connectivity index (χ0v) is 17.7. The van der Waals surface area contributed by atoms with E-state index in [1.165, 1.54) is 19.2 Å². The molecule has 3 aromatic rings. The predicted molar refractivity (Wildman–Crippen MR) is 117 cm³/mol. The van der Waals surface area contributed by atoms with Crippen molar-refractivity contribution in [2.24, 2.45) is 0 Å². The number of carbonyl (C=O) groups is 1. The number of anilines is 1. The number of nitrogens with zero attached hydrogens (tertiary/aromatic N) is 1. The molecular weight excluding hydrogens is 421 g/mol. The Bertz CT molecular complexity index is 1100. The number of aliphatic carboxylic acids is 1. The fourth-order valence-corrected chi connectivity index (χ4v) is 4.61. The molecule has 0 aromatic heterocycles. The zero-order valence-electron chi connectivity index (χ0n) is 17.0. The smallest absolute Gasteiger partial charge is 0.313 e. The Balaban J connectivity index is 1.98. The number of benzene rings is 3. The molecule has 0 unspecified atom stereocenters. The number of hydrogen-bond acceptors (Lipinski definition) is 4. The summed E-state index contributed by atoms with van der Waals surface area (Å²) in [5.41, 5.74) is 1.90. The van der Waals surface area contributed by atoms with Crippen molar-refractivity contribution >= 4 is 23.3 Å². The van der Waals surface area contributed by atoms with E-state index in [1.54, 1.807) is 49.6 Å². The van der Waals surface area contributed by atoms with Crippen LogP contribution < -0.4 is 14.4 Å². The number of carboxylic acids is 1. The van der Waals surface area contributed by atoms with Crippen LogP contribution in [0.4, 0.5) is 10.1 Å². The van der Waals surface area contributed by atoms with Crippen LogP contribution in [0.5, 0.6) is 11.5 Å². The van der Waals surface area contributed by atoms with Crippen molar-refractivity contribution in [1.82, 2.24) is 0 Å². The number of carboxylic acid groups (broad SMARTS) is 1. The number of halogens is 2. The Labute approximate surface area is 184 Å². The lowest BCUT2D eigenvalue weighted by Gasteiger charge is -2.45. The van der Waals surface area contributed by atoms with Crippen molar-refractivity contribution in [2.75, 3.05) is 19.1 Å². The molecule has 3 atom stereocenters. The van der Waals surface area contributed by atoms with Crippen molar-refractivity contribution < 1.29 is 23.8 Å². The van der Waals surface area contributed by atoms with E-state index < -0.39 is 29.2 Å². The Morgan fingerprint density at radius 2 is 1.68 bits per heavy atom. The van der Waals surface area contributed by atoms with Crippen LogP contribution in [0.15, 0.2) is 66.7 Å². The van der Waals surface area contributed by atoms with Crippen molar-refractivity contribution in [3.63, 3.8) is 0 Å². The summed E-state index contributed by atoms with van der Waals surface area (Å²) in [5.74, 6) is -1.24. The summed E-state index contributed by atoms with van der Waals surface area (Å²) in [6, 6.07) is 17.6. The Hall–Kier alpha value is -3.25. The molecule has 0 spiro atoms. The zero-order chi connectivity index (χ0) is 22.1. The second-order valence-corrected chi connectivity index (χ2v) is 7.64. The van der Waals surface area contributed by atoms with Crippen LogP contribution in [0.3, 0.4) is 0 Å². The Kier molecular flexibility index (Phi) is 5.74. The van der Waals surface area contributed by atoms with E-state index in [2.05, 4.69) is 0 Å². The van der Waals surface area contributed by atoms with Gasteiger partial charge in [-0.3, -0.25) is 4.79 Å². The lowest BCUT2D eigenvalue weighted by atomic mass is 9.79. The van der Waals surface area contributed by atoms with Gasteiger partial charge in [0.25, 0.3) is 0 Å². The topological polar surface area (TPSA) is 59.0 Å². The van der Waals surface area contributed by atoms with Gasteiger partial charge in [0.2, 0.25) is 0 Å². The van der Waals surface area contributed by atoms with E-state index in [4.69, 9.17) is 21.1 Å². The first kappa shape index (κ1) is 21.0. The SMILES string of the molecule is COc1ccc(N2[C@H](Cl)c3ccccc3[C@H](C(=O)O)[C@H]2c2ccc(F)cc2)c(OC)c1. The minimum absolute atomic E-state index is 0.400. The number of ether oxygens (including phenoxy) is 2. The highest BCUT2D eigenvalue weighted by Gasteiger charge is 2.45. The fourth-order valence-electron chi connectivity index (χ4n) is 4.18. The van der Waals surface area contributed by atoms with Gasteiger partial charge in [0.1, 0.15) is 28.7 Å². The molecule has 0 amide bonds. The molecule has 7 heteroatoms. The average Bonchev–Trinajstić information content (AvgIpc) is 2.79. The van der Waals surface area contributed by atoms with Gasteiger partial charge in [-0.2, -0.15) is 0 Å². The largest absolute Gasteiger partial charge is 0.497 e. The fraction of sp³-hybridized carbons (Fsp3) is 0.208.